The number of hydrogen-bond acceptors (Lipinski definition) is 27. The number of nitrogens with zero attached hydrogens (tertiary/aromatic N) is 9. The van der Waals surface area contributed by atoms with E-state index in [-0.39, 0.29) is 52.6 Å². The molecule has 0 amide bonds. The lowest BCUT2D eigenvalue weighted by Gasteiger charge is -2.33. The molecule has 6 aromatic heterocycles. The van der Waals surface area contributed by atoms with E-state index in [1.807, 2.05) is 70.7 Å². The van der Waals surface area contributed by atoms with Crippen LogP contribution in [0.2, 0.25) is 0 Å². The van der Waals surface area contributed by atoms with Crippen LogP contribution >= 0.6 is 0 Å². The highest BCUT2D eigenvalue weighted by Gasteiger charge is 2.32. The predicted molar refractivity (Wildman–Crippen MR) is 525 cm³/mol. The van der Waals surface area contributed by atoms with Crippen molar-refractivity contribution in [1.29, 1.82) is 0 Å². The number of aryl methyl sites for hydroxylation is 3. The number of hydrogen-bond donors (Lipinski definition) is 12. The zero-order valence-electron chi connectivity index (χ0n) is 78.4. The highest BCUT2D eigenvalue weighted by atomic mass is 32.2. The predicted octanol–water partition coefficient (Wildman–Crippen LogP) is 18.6. The van der Waals surface area contributed by atoms with Crippen LogP contribution in [0.1, 0.15) is 186 Å². The van der Waals surface area contributed by atoms with Crippen molar-refractivity contribution < 1.29 is 64.4 Å². The van der Waals surface area contributed by atoms with E-state index in [9.17, 15) is 39.9 Å². The highest BCUT2D eigenvalue weighted by molar-refractivity contribution is 7.92. The zero-order valence-corrected chi connectivity index (χ0v) is 80.8. The molecule has 0 saturated carbocycles. The lowest BCUT2D eigenvalue weighted by Crippen LogP contribution is -2.36. The number of nitrogens with one attached hydrogen (secondary N) is 9. The van der Waals surface area contributed by atoms with Crippen molar-refractivity contribution in [3.8, 4) is 17.2 Å². The quantitative estimate of drug-likeness (QED) is 0.0175. The summed E-state index contributed by atoms with van der Waals surface area (Å²) in [5, 5.41) is 47.7. The Balaban J connectivity index is 0.000000169. The molecule has 0 spiro atoms. The summed E-state index contributed by atoms with van der Waals surface area (Å²) in [4.78, 5) is 67.3. The number of para-hydroxylation sites is 3. The number of fused-ring (bicyclic) bond motifs is 3. The first-order chi connectivity index (χ1) is 63.4. The van der Waals surface area contributed by atoms with Crippen molar-refractivity contribution in [2.45, 2.75) is 222 Å². The number of aliphatic carboxylic acids is 2. The first-order valence-electron chi connectivity index (χ1n) is 45.7. The molecule has 710 valence electrons. The van der Waals surface area contributed by atoms with Gasteiger partial charge in [0.2, 0.25) is 17.8 Å². The number of piperidine rings is 3. The second kappa shape index (κ2) is 43.4. The van der Waals surface area contributed by atoms with Gasteiger partial charge >= 0.3 is 11.9 Å². The number of aliphatic hydroxyl groups excluding tert-OH is 1. The largest absolute Gasteiger partial charge is 0.489 e. The Morgan fingerprint density at radius 1 is 0.391 bits per heavy atom. The van der Waals surface area contributed by atoms with E-state index in [0.717, 1.165) is 130 Å². The Kier molecular flexibility index (Phi) is 32.1. The number of aromatic amines is 3. The average molecular weight is 1880 g/mol. The van der Waals surface area contributed by atoms with E-state index in [2.05, 4.69) is 113 Å². The van der Waals surface area contributed by atoms with Gasteiger partial charge in [-0.05, 0) is 330 Å². The molecule has 3 saturated heterocycles. The minimum atomic E-state index is -3.54. The minimum Gasteiger partial charge on any atom is -0.489 e. The maximum Gasteiger partial charge on any atom is 0.317 e. The molecule has 3 aliphatic heterocycles. The fourth-order valence-corrected chi connectivity index (χ4v) is 20.7. The second-order valence-electron chi connectivity index (χ2n) is 35.9. The van der Waals surface area contributed by atoms with Crippen molar-refractivity contribution in [3.63, 3.8) is 0 Å². The number of aromatic nitrogens is 9. The summed E-state index contributed by atoms with van der Waals surface area (Å²) in [6, 6.07) is 38.6. The molecule has 35 heteroatoms. The van der Waals surface area contributed by atoms with Crippen LogP contribution < -0.4 is 46.1 Å². The molecule has 12 N–H and O–H groups in total. The van der Waals surface area contributed by atoms with Crippen molar-refractivity contribution in [3.05, 3.63) is 179 Å². The van der Waals surface area contributed by atoms with Gasteiger partial charge in [-0.1, -0.05) is 36.4 Å². The van der Waals surface area contributed by atoms with Gasteiger partial charge in [0.25, 0.3) is 0 Å². The summed E-state index contributed by atoms with van der Waals surface area (Å²) < 4.78 is 97.4. The summed E-state index contributed by atoms with van der Waals surface area (Å²) >= 11 is 0. The number of anilines is 12. The van der Waals surface area contributed by atoms with E-state index < -0.39 is 57.2 Å². The van der Waals surface area contributed by atoms with Gasteiger partial charge in [0.15, 0.2) is 29.5 Å². The first kappa shape index (κ1) is 98.5. The van der Waals surface area contributed by atoms with Crippen LogP contribution in [-0.4, -0.2) is 212 Å². The highest BCUT2D eigenvalue weighted by Crippen LogP contribution is 2.44. The zero-order chi connectivity index (χ0) is 95.3. The third-order valence-corrected chi connectivity index (χ3v) is 30.7. The van der Waals surface area contributed by atoms with Crippen LogP contribution in [0, 0.1) is 20.8 Å². The third-order valence-electron chi connectivity index (χ3n) is 24.1. The van der Waals surface area contributed by atoms with Crippen molar-refractivity contribution in [1.82, 2.24) is 59.6 Å². The van der Waals surface area contributed by atoms with Crippen LogP contribution in [-0.2, 0) is 39.1 Å². The molecule has 133 heavy (non-hydrogen) atoms. The number of ether oxygens (including phenoxy) is 3. The van der Waals surface area contributed by atoms with Gasteiger partial charge in [-0.2, -0.15) is 29.9 Å². The third kappa shape index (κ3) is 24.3. The van der Waals surface area contributed by atoms with Crippen LogP contribution in [0.15, 0.2) is 161 Å². The summed E-state index contributed by atoms with van der Waals surface area (Å²) in [6.07, 6.45) is 11.9. The molecule has 32 nitrogen and oxygen atoms in total. The average Bonchev–Trinajstić information content (AvgIpc) is 0.857. The van der Waals surface area contributed by atoms with E-state index in [4.69, 9.17) is 49.3 Å². The SMILES string of the molecule is Cc1cc(Nc2nc(Nc3ccccc3S(=O)(=O)C(C)C)c3cc[nH]c3n2)c(OC(C)C)cc1C1CCN(CC(=O)O)CC1.Cc1cc(Nc2nc(Nc3ccccc3S(=O)(=O)C(C)C)c3cc[nH]c3n2)c(OC(C)C)cc1C1CCN(CCC(=O)O)CC1.Cc1cc(Nc2nc(Nc3ccccc3S(=O)(=O)C(C)C)c3cc[nH]c3n2)c(OC(C)C)cc1C1CCN(CCCO)CC1. The molecule has 3 aliphatic rings. The van der Waals surface area contributed by atoms with Crippen molar-refractivity contribution in [2.24, 2.45) is 0 Å². The molecule has 6 aromatic carbocycles. The Hall–Kier alpha value is -12.0. The summed E-state index contributed by atoms with van der Waals surface area (Å²) in [7, 11) is -10.6. The number of likely N-dealkylation sites (tertiary alicyclic amines) is 3. The topological polar surface area (TPSA) is 432 Å². The Morgan fingerprint density at radius 3 is 0.962 bits per heavy atom. The summed E-state index contributed by atoms with van der Waals surface area (Å²) in [5.74, 6) is 4.01. The Bertz CT molecular complexity index is 6450. The number of benzene rings is 6. The van der Waals surface area contributed by atoms with Gasteiger partial charge in [0, 0.05) is 38.3 Å². The molecule has 0 unspecified atom stereocenters. The number of carboxylic acids is 2. The van der Waals surface area contributed by atoms with Gasteiger partial charge in [-0.3, -0.25) is 14.5 Å². The van der Waals surface area contributed by atoms with Gasteiger partial charge < -0.3 is 86.2 Å². The molecule has 15 rings (SSSR count). The lowest BCUT2D eigenvalue weighted by atomic mass is 9.86. The number of carbonyl (C=O) groups is 2. The molecular weight excluding hydrogens is 1750 g/mol. The number of carboxylic acid groups (broad SMARTS) is 2. The van der Waals surface area contributed by atoms with Gasteiger partial charge in [0.1, 0.15) is 51.6 Å². The molecule has 12 aromatic rings. The van der Waals surface area contributed by atoms with Crippen molar-refractivity contribution >= 4 is 144 Å². The summed E-state index contributed by atoms with van der Waals surface area (Å²) in [5.41, 5.74) is 12.4. The number of aliphatic hydroxyl groups is 1. The lowest BCUT2D eigenvalue weighted by molar-refractivity contribution is -0.139. The molecule has 3 fully saturated rings. The Morgan fingerprint density at radius 2 is 0.684 bits per heavy atom. The molecule has 9 heterocycles. The normalized spacial score (nSPS) is 14.8. The van der Waals surface area contributed by atoms with Gasteiger partial charge in [-0.15, -0.1) is 0 Å². The monoisotopic (exact) mass is 1870 g/mol. The molecule has 0 atom stereocenters. The van der Waals surface area contributed by atoms with Crippen LogP contribution in [0.25, 0.3) is 33.1 Å². The first-order valence-corrected chi connectivity index (χ1v) is 50.4. The Labute approximate surface area is 778 Å². The maximum absolute atomic E-state index is 13.1. The van der Waals surface area contributed by atoms with Crippen LogP contribution in [0.4, 0.5) is 69.4 Å². The maximum atomic E-state index is 13.1. The number of sulfone groups is 3. The second-order valence-corrected chi connectivity index (χ2v) is 43.4. The van der Waals surface area contributed by atoms with E-state index in [1.165, 1.54) is 22.3 Å². The van der Waals surface area contributed by atoms with Gasteiger partial charge in [-0.25, -0.2) is 25.3 Å². The standard InChI is InChI=1S/C33H42N6O5S.C33H44N6O4S.C32H40N6O5S/c1-20(2)44-28-19-25(23-11-15-39(16-12-23)17-13-30(40)41)22(5)18-27(28)36-33-37-31-24(10-14-34-31)32(38-33)35-26-8-6-7-9-29(26)45(42,43)21(3)4;1-21(2)43-29-20-26(24-12-16-39(17-13-24)15-8-18-40)23(5)19-28(29)36-33-37-31-25(11-14-34-31)32(38-33)35-27-9-6-7-10-30(27)44(41,42)22(3)4;1-19(2)43-27-17-24(22-11-14-38(15-12-22)18-29(39)40)21(5)16-26(27)35-32-36-30-23(10-13-33-30)31(37-32)34-25-8-6-7-9-28(25)44(41,42)20(3)4/h6-10,14,18-21,23H,11-13,15-17H2,1-5H3,(H,40,41)(H3,34,35,36,37,38);6-7,9-11,14,19-22,24,40H,8,12-13,15-18H2,1-5H3,(H3,34,35,36,37,38);6-10,13,16-17,19-20,22H,11-12,14-15,18H2,1-5H3,(H,39,40)(H3,33,34,35,36,37). The number of H-pyrrole nitrogens is 3. The minimum absolute atomic E-state index is 0.0325. The molecule has 0 radical (unpaired) electrons. The van der Waals surface area contributed by atoms with E-state index in [1.54, 1.807) is 133 Å². The molecule has 0 bridgehead atoms. The van der Waals surface area contributed by atoms with Crippen molar-refractivity contribution in [2.75, 3.05) is 97.4 Å². The molecular formula is C98H126N18O14S3. The fourth-order valence-electron chi connectivity index (χ4n) is 17.1. The smallest absolute Gasteiger partial charge is 0.317 e. The van der Waals surface area contributed by atoms with Gasteiger partial charge in [0.05, 0.1) is 112 Å². The summed E-state index contributed by atoms with van der Waals surface area (Å²) in [6.45, 7) is 35.3. The number of rotatable bonds is 35. The fraction of sp³-hybridized carbons (Fsp3) is 0.429. The van der Waals surface area contributed by atoms with Crippen LogP contribution in [0.5, 0.6) is 17.2 Å². The van der Waals surface area contributed by atoms with Crippen LogP contribution in [0.3, 0.4) is 0 Å². The molecule has 0 aliphatic carbocycles. The van der Waals surface area contributed by atoms with E-state index >= 15 is 0 Å². The van der Waals surface area contributed by atoms with E-state index in [0.29, 0.717) is 116 Å².